The number of ether oxygens (including phenoxy) is 1. The zero-order valence-corrected chi connectivity index (χ0v) is 22.4. The Hall–Kier alpha value is -5.59. The Morgan fingerprint density at radius 2 is 1.73 bits per heavy atom. The normalized spacial score (nSPS) is 12.5. The first-order valence-electron chi connectivity index (χ1n) is 12.6. The van der Waals surface area contributed by atoms with Crippen LogP contribution in [-0.2, 0) is 23.7 Å². The summed E-state index contributed by atoms with van der Waals surface area (Å²) in [5.41, 5.74) is -3.35. The Labute approximate surface area is 244 Å². The molecule has 0 saturated carbocycles. The second-order valence-corrected chi connectivity index (χ2v) is 9.25. The zero-order valence-electron chi connectivity index (χ0n) is 22.4. The number of benzene rings is 2. The monoisotopic (exact) mass is 612 g/mol. The van der Waals surface area contributed by atoms with Crippen molar-refractivity contribution in [2.75, 3.05) is 4.90 Å². The predicted molar refractivity (Wildman–Crippen MR) is 141 cm³/mol. The molecule has 2 aromatic carbocycles. The van der Waals surface area contributed by atoms with Crippen molar-refractivity contribution in [2.45, 2.75) is 31.9 Å². The van der Waals surface area contributed by atoms with Crippen LogP contribution in [0.5, 0.6) is 0 Å². The van der Waals surface area contributed by atoms with Crippen LogP contribution in [0, 0.1) is 11.3 Å². The molecule has 0 spiro atoms. The van der Waals surface area contributed by atoms with Crippen LogP contribution in [0.2, 0.25) is 0 Å². The first-order valence-corrected chi connectivity index (χ1v) is 12.6. The molecule has 0 aliphatic heterocycles. The lowest BCUT2D eigenvalue weighted by molar-refractivity contribution is -0.142. The second kappa shape index (κ2) is 11.6. The van der Waals surface area contributed by atoms with E-state index >= 15 is 0 Å². The summed E-state index contributed by atoms with van der Waals surface area (Å²) >= 11 is 0. The van der Waals surface area contributed by atoms with E-state index in [1.54, 1.807) is 30.3 Å². The van der Waals surface area contributed by atoms with Gasteiger partial charge in [-0.25, -0.2) is 24.7 Å². The topological polar surface area (TPSA) is 123 Å². The molecule has 16 heteroatoms. The smallest absolute Gasteiger partial charge is 0.418 e. The number of hydrogen-bond acceptors (Lipinski definition) is 8. The quantitative estimate of drug-likeness (QED) is 0.201. The molecule has 0 N–H and O–H groups in total. The van der Waals surface area contributed by atoms with Crippen LogP contribution in [-0.4, -0.2) is 35.8 Å². The number of hydrogen-bond donors (Lipinski definition) is 0. The summed E-state index contributed by atoms with van der Waals surface area (Å²) in [5.74, 6) is -0.444. The molecule has 1 atom stereocenters. The molecule has 0 radical (unpaired) electrons. The number of carbonyl (C=O) groups is 1. The van der Waals surface area contributed by atoms with Gasteiger partial charge in [0.2, 0.25) is 0 Å². The summed E-state index contributed by atoms with van der Waals surface area (Å²) in [6.45, 7) is 1.12. The van der Waals surface area contributed by atoms with Gasteiger partial charge in [-0.05, 0) is 36.8 Å². The van der Waals surface area contributed by atoms with Gasteiger partial charge in [0, 0.05) is 11.6 Å². The lowest BCUT2D eigenvalue weighted by Crippen LogP contribution is -2.36. The van der Waals surface area contributed by atoms with Crippen LogP contribution in [0.3, 0.4) is 0 Å². The summed E-state index contributed by atoms with van der Waals surface area (Å²) in [7, 11) is 0. The van der Waals surface area contributed by atoms with Crippen molar-refractivity contribution in [3.05, 3.63) is 102 Å². The molecule has 0 aliphatic carbocycles. The van der Waals surface area contributed by atoms with Crippen molar-refractivity contribution in [2.24, 2.45) is 0 Å². The van der Waals surface area contributed by atoms with Crippen molar-refractivity contribution in [1.29, 1.82) is 5.26 Å². The number of fused-ring (bicyclic) bond motifs is 1. The van der Waals surface area contributed by atoms with E-state index in [2.05, 4.69) is 25.0 Å². The van der Waals surface area contributed by atoms with Gasteiger partial charge in [-0.15, -0.1) is 0 Å². The lowest BCUT2D eigenvalue weighted by Gasteiger charge is -2.28. The Morgan fingerprint density at radius 3 is 2.36 bits per heavy atom. The third-order valence-electron chi connectivity index (χ3n) is 6.41. The number of anilines is 1. The van der Waals surface area contributed by atoms with E-state index in [0.29, 0.717) is 18.0 Å². The number of amides is 1. The van der Waals surface area contributed by atoms with Gasteiger partial charge in [0.15, 0.2) is 11.6 Å². The zero-order chi connectivity index (χ0) is 31.6. The maximum Gasteiger partial charge on any atom is 0.418 e. The van der Waals surface area contributed by atoms with Gasteiger partial charge < -0.3 is 4.74 Å². The standard InChI is InChI=1S/C28H18F6N8O2/c1-16(24-39-15-40-42(24)22-8-7-18(11-35)12-36-22)41(26(43)44-13-17-5-3-2-4-6-17)25-20-9-19(27(29,30)31)10-21(28(32,33)34)23(20)37-14-38-25/h2-10,12,14-16H,13H2,1H3. The average molecular weight is 612 g/mol. The summed E-state index contributed by atoms with van der Waals surface area (Å²) in [5, 5.41) is 12.5. The molecule has 44 heavy (non-hydrogen) atoms. The summed E-state index contributed by atoms with van der Waals surface area (Å²) in [4.78, 5) is 30.3. The molecule has 3 aromatic heterocycles. The molecule has 0 bridgehead atoms. The summed E-state index contributed by atoms with van der Waals surface area (Å²) in [6.07, 6.45) is -8.48. The molecular formula is C28H18F6N8O2. The van der Waals surface area contributed by atoms with Crippen LogP contribution < -0.4 is 4.90 Å². The van der Waals surface area contributed by atoms with Gasteiger partial charge in [0.25, 0.3) is 0 Å². The molecule has 10 nitrogen and oxygen atoms in total. The van der Waals surface area contributed by atoms with Crippen molar-refractivity contribution in [3.63, 3.8) is 0 Å². The fraction of sp³-hybridized carbons (Fsp3) is 0.179. The molecule has 5 aromatic rings. The number of pyridine rings is 1. The first kappa shape index (κ1) is 29.9. The molecule has 1 unspecified atom stereocenters. The first-order chi connectivity index (χ1) is 20.9. The Kier molecular flexibility index (Phi) is 7.87. The Bertz CT molecular complexity index is 1850. The maximum atomic E-state index is 14.0. The molecule has 0 aliphatic rings. The fourth-order valence-electron chi connectivity index (χ4n) is 4.35. The van der Waals surface area contributed by atoms with Crippen molar-refractivity contribution in [3.8, 4) is 11.9 Å². The minimum Gasteiger partial charge on any atom is -0.444 e. The van der Waals surface area contributed by atoms with E-state index in [4.69, 9.17) is 10.00 Å². The van der Waals surface area contributed by atoms with Gasteiger partial charge in [-0.1, -0.05) is 30.3 Å². The van der Waals surface area contributed by atoms with E-state index in [-0.39, 0.29) is 29.9 Å². The van der Waals surface area contributed by atoms with E-state index in [9.17, 15) is 31.1 Å². The number of alkyl halides is 6. The van der Waals surface area contributed by atoms with Crippen LogP contribution in [0.25, 0.3) is 16.7 Å². The van der Waals surface area contributed by atoms with E-state index in [0.717, 1.165) is 11.2 Å². The maximum absolute atomic E-state index is 14.0. The molecular weight excluding hydrogens is 594 g/mol. The molecule has 224 valence electrons. The lowest BCUT2D eigenvalue weighted by atomic mass is 10.0. The molecule has 3 heterocycles. The number of nitrogens with zero attached hydrogens (tertiary/aromatic N) is 8. The molecule has 0 fully saturated rings. The highest BCUT2D eigenvalue weighted by Gasteiger charge is 2.40. The van der Waals surface area contributed by atoms with E-state index in [1.165, 1.54) is 29.9 Å². The highest BCUT2D eigenvalue weighted by atomic mass is 19.4. The predicted octanol–water partition coefficient (Wildman–Crippen LogP) is 6.42. The number of carbonyl (C=O) groups excluding carboxylic acids is 1. The van der Waals surface area contributed by atoms with Crippen molar-refractivity contribution in [1.82, 2.24) is 29.7 Å². The number of nitriles is 1. The van der Waals surface area contributed by atoms with Crippen LogP contribution >= 0.6 is 0 Å². The van der Waals surface area contributed by atoms with Gasteiger partial charge in [-0.3, -0.25) is 4.90 Å². The minimum atomic E-state index is -5.23. The summed E-state index contributed by atoms with van der Waals surface area (Å²) in [6, 6.07) is 12.3. The van der Waals surface area contributed by atoms with Gasteiger partial charge in [-0.2, -0.15) is 41.4 Å². The number of rotatable bonds is 6. The van der Waals surface area contributed by atoms with Crippen LogP contribution in [0.15, 0.2) is 73.4 Å². The number of halogens is 6. The molecule has 1 amide bonds. The van der Waals surface area contributed by atoms with Gasteiger partial charge in [0.05, 0.1) is 28.2 Å². The van der Waals surface area contributed by atoms with Crippen molar-refractivity contribution >= 4 is 22.8 Å². The fourth-order valence-corrected chi connectivity index (χ4v) is 4.35. The van der Waals surface area contributed by atoms with E-state index in [1.807, 2.05) is 6.07 Å². The van der Waals surface area contributed by atoms with Gasteiger partial charge in [0.1, 0.15) is 31.1 Å². The van der Waals surface area contributed by atoms with Crippen LogP contribution in [0.4, 0.5) is 37.0 Å². The SMILES string of the molecule is CC(c1ncnn1-c1ccc(C#N)cn1)N(C(=O)OCc1ccccc1)c1ncnc2c(C(F)(F)F)cc(C(F)(F)F)cc12. The minimum absolute atomic E-state index is 0.00588. The Morgan fingerprint density at radius 1 is 0.977 bits per heavy atom. The Balaban J connectivity index is 1.69. The largest absolute Gasteiger partial charge is 0.444 e. The average Bonchev–Trinajstić information content (AvgIpc) is 3.49. The molecule has 5 rings (SSSR count). The number of aromatic nitrogens is 6. The van der Waals surface area contributed by atoms with E-state index < -0.39 is 52.3 Å². The third kappa shape index (κ3) is 5.98. The highest BCUT2D eigenvalue weighted by Crippen LogP contribution is 2.42. The highest BCUT2D eigenvalue weighted by molar-refractivity contribution is 6.00. The van der Waals surface area contributed by atoms with Crippen molar-refractivity contribution < 1.29 is 35.9 Å². The molecule has 0 saturated heterocycles. The third-order valence-corrected chi connectivity index (χ3v) is 6.41. The van der Waals surface area contributed by atoms with Crippen LogP contribution in [0.1, 0.15) is 41.0 Å². The van der Waals surface area contributed by atoms with Gasteiger partial charge >= 0.3 is 18.4 Å². The second-order valence-electron chi connectivity index (χ2n) is 9.25. The summed E-state index contributed by atoms with van der Waals surface area (Å²) < 4.78 is 90.0.